The smallest absolute Gasteiger partial charge is 0.462 e. The van der Waals surface area contributed by atoms with Crippen LogP contribution in [-0.2, 0) is 41.8 Å². The molecule has 366 valence electrons. The molecule has 5 N–H and O–H groups in total. The number of carbonyl (C=O) groups is 2. The van der Waals surface area contributed by atoms with Crippen LogP contribution in [0.3, 0.4) is 0 Å². The van der Waals surface area contributed by atoms with Crippen LogP contribution in [0, 0.1) is 0 Å². The fraction of sp³-hybridized carbons (Fsp3) is 0.625. The van der Waals surface area contributed by atoms with Gasteiger partial charge in [0.25, 0.3) is 0 Å². The van der Waals surface area contributed by atoms with Crippen LogP contribution in [0.1, 0.15) is 149 Å². The number of aliphatic hydroxyl groups excluding tert-OH is 2. The van der Waals surface area contributed by atoms with Crippen LogP contribution in [0.2, 0.25) is 0 Å². The van der Waals surface area contributed by atoms with Gasteiger partial charge in [0, 0.05) is 12.8 Å². The number of unbranched alkanes of at least 4 members (excludes halogenated alkanes) is 9. The Bertz CT molecular complexity index is 1510. The first-order chi connectivity index (χ1) is 30.8. The number of rotatable bonds is 42. The predicted octanol–water partition coefficient (Wildman–Crippen LogP) is 11.1. The van der Waals surface area contributed by atoms with Gasteiger partial charge in [-0.1, -0.05) is 156 Å². The van der Waals surface area contributed by atoms with E-state index >= 15 is 0 Å². The van der Waals surface area contributed by atoms with Crippen molar-refractivity contribution in [3.8, 4) is 0 Å². The molecule has 0 amide bonds. The molecular formula is C48H80O14P2. The van der Waals surface area contributed by atoms with Gasteiger partial charge in [-0.3, -0.25) is 23.2 Å². The molecule has 0 saturated heterocycles. The predicted molar refractivity (Wildman–Crippen MR) is 254 cm³/mol. The van der Waals surface area contributed by atoms with Gasteiger partial charge < -0.3 is 34.4 Å². The van der Waals surface area contributed by atoms with E-state index in [0.717, 1.165) is 38.5 Å². The van der Waals surface area contributed by atoms with E-state index in [-0.39, 0.29) is 25.7 Å². The van der Waals surface area contributed by atoms with Crippen molar-refractivity contribution in [2.24, 2.45) is 0 Å². The molecule has 0 bridgehead atoms. The zero-order chi connectivity index (χ0) is 47.4. The Hall–Kier alpha value is -3.00. The zero-order valence-electron chi connectivity index (χ0n) is 38.5. The summed E-state index contributed by atoms with van der Waals surface area (Å²) < 4.78 is 47.6. The van der Waals surface area contributed by atoms with E-state index < -0.39 is 72.3 Å². The van der Waals surface area contributed by atoms with Gasteiger partial charge in [0.2, 0.25) is 0 Å². The minimum absolute atomic E-state index is 0.0271. The molecule has 0 radical (unpaired) electrons. The van der Waals surface area contributed by atoms with Gasteiger partial charge in [0.05, 0.1) is 25.9 Å². The Morgan fingerprint density at radius 3 is 1.59 bits per heavy atom. The lowest BCUT2D eigenvalue weighted by Gasteiger charge is -2.20. The first-order valence-electron chi connectivity index (χ1n) is 23.0. The quantitative estimate of drug-likeness (QED) is 0.0127. The number of phosphoric ester groups is 2. The van der Waals surface area contributed by atoms with Gasteiger partial charge in [-0.25, -0.2) is 9.13 Å². The average Bonchev–Trinajstić information content (AvgIpc) is 3.25. The second kappa shape index (κ2) is 42.6. The van der Waals surface area contributed by atoms with Crippen molar-refractivity contribution in [2.45, 2.75) is 167 Å². The molecule has 0 heterocycles. The summed E-state index contributed by atoms with van der Waals surface area (Å²) in [7, 11) is -9.78. The maximum atomic E-state index is 12.7. The summed E-state index contributed by atoms with van der Waals surface area (Å²) in [4.78, 5) is 52.7. The Morgan fingerprint density at radius 1 is 0.516 bits per heavy atom. The summed E-state index contributed by atoms with van der Waals surface area (Å²) in [6.45, 7) is 1.42. The lowest BCUT2D eigenvalue weighted by atomic mass is 10.1. The molecule has 16 heteroatoms. The van der Waals surface area contributed by atoms with Crippen LogP contribution < -0.4 is 0 Å². The number of esters is 2. The van der Waals surface area contributed by atoms with Crippen LogP contribution in [0.5, 0.6) is 0 Å². The Morgan fingerprint density at radius 2 is 1.00 bits per heavy atom. The summed E-state index contributed by atoms with van der Waals surface area (Å²) in [5.41, 5.74) is 0. The molecular weight excluding hydrogens is 862 g/mol. The first kappa shape index (κ1) is 61.0. The van der Waals surface area contributed by atoms with E-state index in [0.29, 0.717) is 12.8 Å². The van der Waals surface area contributed by atoms with E-state index in [4.69, 9.17) is 23.8 Å². The molecule has 64 heavy (non-hydrogen) atoms. The van der Waals surface area contributed by atoms with Crippen LogP contribution in [0.15, 0.2) is 97.2 Å². The van der Waals surface area contributed by atoms with Gasteiger partial charge in [0.1, 0.15) is 12.7 Å². The number of carbonyl (C=O) groups excluding carboxylic acids is 2. The number of hydrogen-bond donors (Lipinski definition) is 5. The normalized spacial score (nSPS) is 15.3. The summed E-state index contributed by atoms with van der Waals surface area (Å²) in [5.74, 6) is -1.33. The fourth-order valence-corrected chi connectivity index (χ4v) is 6.67. The molecule has 0 aliphatic carbocycles. The summed E-state index contributed by atoms with van der Waals surface area (Å²) in [6, 6.07) is 0. The third-order valence-corrected chi connectivity index (χ3v) is 10.5. The highest BCUT2D eigenvalue weighted by molar-refractivity contribution is 7.47. The number of phosphoric acid groups is 2. The number of ether oxygens (including phenoxy) is 2. The molecule has 0 spiro atoms. The highest BCUT2D eigenvalue weighted by Gasteiger charge is 2.28. The summed E-state index contributed by atoms with van der Waals surface area (Å²) >= 11 is 0. The maximum Gasteiger partial charge on any atom is 0.472 e. The fourth-order valence-electron chi connectivity index (χ4n) is 5.51. The zero-order valence-corrected chi connectivity index (χ0v) is 40.2. The van der Waals surface area contributed by atoms with E-state index in [9.17, 15) is 33.8 Å². The molecule has 0 aromatic heterocycles. The Balaban J connectivity index is 4.80. The van der Waals surface area contributed by atoms with E-state index in [1.165, 1.54) is 57.8 Å². The van der Waals surface area contributed by atoms with Crippen LogP contribution in [-0.4, -0.2) is 81.6 Å². The van der Waals surface area contributed by atoms with Gasteiger partial charge >= 0.3 is 27.6 Å². The number of hydrogen-bond acceptors (Lipinski definition) is 11. The first-order valence-corrected chi connectivity index (χ1v) is 26.1. The molecule has 0 rings (SSSR count). The minimum atomic E-state index is -4.90. The largest absolute Gasteiger partial charge is 0.472 e. The standard InChI is InChI=1S/C48H80O14P2/c1-3-5-7-9-11-13-15-17-18-19-20-21-22-24-26-28-30-32-34-38-47(51)58-42-46(43-61-64(56,57)60-41-45(50)40-59-63(53,54)55)62-48(52)39-35-37-44(49)36-33-31-29-27-25-23-16-14-12-10-8-6-4-2/h11,13,17-18,20-21,23-26,29-33,36,44-46,49-50H,3-10,12,14-16,19,22,27-28,34-35,37-43H2,1-2H3,(H,56,57)(H2,53,54,55)/b13-11-,18-17-,21-20-,25-23+,26-24-,31-29+,32-30-,36-33+/t44?,45-,46+/m0/s1. The molecule has 0 aliphatic rings. The molecule has 0 saturated carbocycles. The molecule has 0 aromatic rings. The Labute approximate surface area is 383 Å². The van der Waals surface area contributed by atoms with Gasteiger partial charge in [0.15, 0.2) is 6.10 Å². The third-order valence-electron chi connectivity index (χ3n) is 9.05. The lowest BCUT2D eigenvalue weighted by Crippen LogP contribution is -2.30. The van der Waals surface area contributed by atoms with Crippen molar-refractivity contribution in [3.05, 3.63) is 97.2 Å². The van der Waals surface area contributed by atoms with Crippen LogP contribution >= 0.6 is 15.6 Å². The van der Waals surface area contributed by atoms with Crippen molar-refractivity contribution in [1.82, 2.24) is 0 Å². The van der Waals surface area contributed by atoms with E-state index in [1.807, 2.05) is 30.4 Å². The van der Waals surface area contributed by atoms with Gasteiger partial charge in [-0.15, -0.1) is 0 Å². The van der Waals surface area contributed by atoms with E-state index in [1.54, 1.807) is 12.2 Å². The minimum Gasteiger partial charge on any atom is -0.462 e. The second-order valence-electron chi connectivity index (χ2n) is 15.2. The molecule has 14 nitrogen and oxygen atoms in total. The van der Waals surface area contributed by atoms with Gasteiger partial charge in [-0.05, 0) is 77.0 Å². The molecule has 0 fully saturated rings. The lowest BCUT2D eigenvalue weighted by molar-refractivity contribution is -0.161. The second-order valence-corrected chi connectivity index (χ2v) is 17.9. The average molecular weight is 943 g/mol. The van der Waals surface area contributed by atoms with Crippen LogP contribution in [0.25, 0.3) is 0 Å². The molecule has 0 aliphatic heterocycles. The van der Waals surface area contributed by atoms with Crippen molar-refractivity contribution < 1.29 is 66.7 Å². The van der Waals surface area contributed by atoms with Crippen molar-refractivity contribution >= 4 is 27.6 Å². The monoisotopic (exact) mass is 943 g/mol. The van der Waals surface area contributed by atoms with Crippen LogP contribution in [0.4, 0.5) is 0 Å². The summed E-state index contributed by atoms with van der Waals surface area (Å²) in [6.07, 6.45) is 47.3. The highest BCUT2D eigenvalue weighted by Crippen LogP contribution is 2.43. The SMILES string of the molecule is CCCCC/C=C\C/C=C\C/C=C\C/C=C\C/C=C\CCC(=O)OC[C@H](COP(=O)(O)OC[C@@H](O)COP(=O)(O)O)OC(=O)CCCC(O)/C=C/C=C/C/C=C/CCCCCCCC. The highest BCUT2D eigenvalue weighted by atomic mass is 31.2. The number of allylic oxidation sites excluding steroid dienone is 15. The molecule has 2 unspecified atom stereocenters. The Kier molecular flexibility index (Phi) is 40.6. The molecule has 0 aromatic carbocycles. The van der Waals surface area contributed by atoms with Gasteiger partial charge in [-0.2, -0.15) is 0 Å². The summed E-state index contributed by atoms with van der Waals surface area (Å²) in [5, 5.41) is 20.1. The topological polar surface area (TPSA) is 216 Å². The van der Waals surface area contributed by atoms with E-state index in [2.05, 4.69) is 77.6 Å². The van der Waals surface area contributed by atoms with Crippen molar-refractivity contribution in [3.63, 3.8) is 0 Å². The van der Waals surface area contributed by atoms with Crippen molar-refractivity contribution in [1.29, 1.82) is 0 Å². The maximum absolute atomic E-state index is 12.7. The van der Waals surface area contributed by atoms with Crippen molar-refractivity contribution in [2.75, 3.05) is 26.4 Å². The molecule has 4 atom stereocenters. The number of aliphatic hydroxyl groups is 2. The third kappa shape index (κ3) is 45.6.